The first-order chi connectivity index (χ1) is 7.10. The maximum absolute atomic E-state index is 9.47. The van der Waals surface area contributed by atoms with Gasteiger partial charge < -0.3 is 10.2 Å². The van der Waals surface area contributed by atoms with E-state index in [1.165, 1.54) is 18.2 Å². The Morgan fingerprint density at radius 2 is 1.80 bits per heavy atom. The highest BCUT2D eigenvalue weighted by Crippen LogP contribution is 2.36. The van der Waals surface area contributed by atoms with Crippen molar-refractivity contribution in [2.75, 3.05) is 0 Å². The Balaban J connectivity index is 3.32. The van der Waals surface area contributed by atoms with Gasteiger partial charge in [-0.05, 0) is 34.1 Å². The van der Waals surface area contributed by atoms with Crippen molar-refractivity contribution in [3.63, 3.8) is 0 Å². The maximum atomic E-state index is 9.47. The standard InChI is InChI=1S/C10H5BrN2O2/c11-8-2-1-7(9(14)10(8)15)3-6(4-12)5-13/h1-3,14-15H. The second-order valence-corrected chi connectivity index (χ2v) is 3.47. The maximum Gasteiger partial charge on any atom is 0.172 e. The molecule has 0 unspecified atom stereocenters. The molecule has 0 radical (unpaired) electrons. The van der Waals surface area contributed by atoms with Crippen LogP contribution < -0.4 is 0 Å². The van der Waals surface area contributed by atoms with Crippen LogP contribution >= 0.6 is 15.9 Å². The zero-order valence-electron chi connectivity index (χ0n) is 7.40. The summed E-state index contributed by atoms with van der Waals surface area (Å²) < 4.78 is 0.340. The van der Waals surface area contributed by atoms with E-state index in [1.807, 2.05) is 0 Å². The quantitative estimate of drug-likeness (QED) is 0.602. The molecular weight excluding hydrogens is 260 g/mol. The summed E-state index contributed by atoms with van der Waals surface area (Å²) in [6.07, 6.45) is 1.20. The minimum absolute atomic E-state index is 0.146. The predicted octanol–water partition coefficient (Wildman–Crippen LogP) is 2.29. The lowest BCUT2D eigenvalue weighted by Crippen LogP contribution is -1.80. The van der Waals surface area contributed by atoms with Crippen LogP contribution in [0.2, 0.25) is 0 Å². The fourth-order valence-corrected chi connectivity index (χ4v) is 1.25. The van der Waals surface area contributed by atoms with E-state index in [0.717, 1.165) is 0 Å². The minimum atomic E-state index is -0.368. The first-order valence-corrected chi connectivity index (χ1v) is 4.61. The van der Waals surface area contributed by atoms with Crippen LogP contribution in [0.15, 0.2) is 22.2 Å². The summed E-state index contributed by atoms with van der Waals surface area (Å²) in [5, 5.41) is 35.8. The SMILES string of the molecule is N#CC(C#N)=Cc1ccc(Br)c(O)c1O. The number of rotatable bonds is 1. The van der Waals surface area contributed by atoms with Crippen LogP contribution in [-0.2, 0) is 0 Å². The summed E-state index contributed by atoms with van der Waals surface area (Å²) >= 11 is 3.02. The van der Waals surface area contributed by atoms with Crippen LogP contribution in [0.5, 0.6) is 11.5 Å². The number of benzene rings is 1. The second kappa shape index (κ2) is 4.50. The summed E-state index contributed by atoms with van der Waals surface area (Å²) in [6, 6.07) is 6.30. The van der Waals surface area contributed by atoms with Gasteiger partial charge in [-0.3, -0.25) is 0 Å². The van der Waals surface area contributed by atoms with Crippen LogP contribution in [-0.4, -0.2) is 10.2 Å². The summed E-state index contributed by atoms with van der Waals surface area (Å²) in [5.41, 5.74) is 0.0702. The van der Waals surface area contributed by atoms with Crippen LogP contribution in [0.3, 0.4) is 0 Å². The number of nitriles is 2. The number of hydrogen-bond donors (Lipinski definition) is 2. The van der Waals surface area contributed by atoms with Crippen molar-refractivity contribution < 1.29 is 10.2 Å². The van der Waals surface area contributed by atoms with Gasteiger partial charge in [-0.1, -0.05) is 0 Å². The van der Waals surface area contributed by atoms with Crippen LogP contribution in [0.4, 0.5) is 0 Å². The lowest BCUT2D eigenvalue weighted by atomic mass is 10.1. The topological polar surface area (TPSA) is 88.0 Å². The van der Waals surface area contributed by atoms with Gasteiger partial charge in [-0.2, -0.15) is 10.5 Å². The molecule has 0 saturated carbocycles. The smallest absolute Gasteiger partial charge is 0.172 e. The molecular formula is C10H5BrN2O2. The van der Waals surface area contributed by atoms with Gasteiger partial charge in [0.15, 0.2) is 11.5 Å². The highest BCUT2D eigenvalue weighted by Gasteiger charge is 2.08. The van der Waals surface area contributed by atoms with Crippen molar-refractivity contribution in [3.05, 3.63) is 27.7 Å². The molecule has 0 saturated heterocycles. The highest BCUT2D eigenvalue weighted by atomic mass is 79.9. The molecule has 0 aliphatic heterocycles. The molecule has 0 aliphatic rings. The van der Waals surface area contributed by atoms with Crippen molar-refractivity contribution in [3.8, 4) is 23.6 Å². The van der Waals surface area contributed by atoms with Gasteiger partial charge in [0.25, 0.3) is 0 Å². The largest absolute Gasteiger partial charge is 0.504 e. The van der Waals surface area contributed by atoms with Crippen molar-refractivity contribution in [1.29, 1.82) is 10.5 Å². The van der Waals surface area contributed by atoms with Gasteiger partial charge in [0.05, 0.1) is 4.47 Å². The molecule has 5 heteroatoms. The van der Waals surface area contributed by atoms with E-state index in [-0.39, 0.29) is 22.6 Å². The molecule has 0 bridgehead atoms. The Labute approximate surface area is 94.4 Å². The third kappa shape index (κ3) is 2.28. The highest BCUT2D eigenvalue weighted by molar-refractivity contribution is 9.10. The number of aromatic hydroxyl groups is 2. The van der Waals surface area contributed by atoms with E-state index in [9.17, 15) is 10.2 Å². The monoisotopic (exact) mass is 264 g/mol. The lowest BCUT2D eigenvalue weighted by Gasteiger charge is -2.03. The van der Waals surface area contributed by atoms with Crippen molar-refractivity contribution >= 4 is 22.0 Å². The Morgan fingerprint density at radius 1 is 1.20 bits per heavy atom. The number of phenolic OH excluding ortho intramolecular Hbond substituents is 2. The molecule has 0 aliphatic carbocycles. The summed E-state index contributed by atoms with van der Waals surface area (Å²) in [5.74, 6) is -0.689. The molecule has 1 aromatic carbocycles. The Hall–Kier alpha value is -1.98. The van der Waals surface area contributed by atoms with Gasteiger partial charge in [-0.15, -0.1) is 0 Å². The summed E-state index contributed by atoms with van der Waals surface area (Å²) in [6.45, 7) is 0. The molecule has 2 N–H and O–H groups in total. The van der Waals surface area contributed by atoms with E-state index < -0.39 is 0 Å². The molecule has 1 aromatic rings. The molecule has 15 heavy (non-hydrogen) atoms. The number of nitrogens with zero attached hydrogens (tertiary/aromatic N) is 2. The molecule has 0 fully saturated rings. The molecule has 0 amide bonds. The molecule has 0 spiro atoms. The van der Waals surface area contributed by atoms with E-state index in [0.29, 0.717) is 4.47 Å². The Kier molecular flexibility index (Phi) is 3.33. The van der Waals surface area contributed by atoms with Gasteiger partial charge in [0, 0.05) is 5.56 Å². The van der Waals surface area contributed by atoms with Crippen LogP contribution in [0, 0.1) is 22.7 Å². The third-order valence-electron chi connectivity index (χ3n) is 1.67. The summed E-state index contributed by atoms with van der Waals surface area (Å²) in [7, 11) is 0. The average molecular weight is 265 g/mol. The minimum Gasteiger partial charge on any atom is -0.504 e. The Bertz CT molecular complexity index is 493. The van der Waals surface area contributed by atoms with E-state index >= 15 is 0 Å². The number of halogens is 1. The number of phenols is 2. The fraction of sp³-hybridized carbons (Fsp3) is 0. The molecule has 0 aromatic heterocycles. The first-order valence-electron chi connectivity index (χ1n) is 3.82. The van der Waals surface area contributed by atoms with E-state index in [2.05, 4.69) is 15.9 Å². The molecule has 0 heterocycles. The molecule has 4 nitrogen and oxygen atoms in total. The summed E-state index contributed by atoms with van der Waals surface area (Å²) in [4.78, 5) is 0. The average Bonchev–Trinajstić information content (AvgIpc) is 2.25. The predicted molar refractivity (Wildman–Crippen MR) is 56.7 cm³/mol. The molecule has 74 valence electrons. The van der Waals surface area contributed by atoms with Crippen LogP contribution in [0.1, 0.15) is 5.56 Å². The van der Waals surface area contributed by atoms with Gasteiger partial charge in [0.2, 0.25) is 0 Å². The molecule has 0 atom stereocenters. The fourth-order valence-electron chi connectivity index (χ4n) is 0.932. The van der Waals surface area contributed by atoms with Gasteiger partial charge in [-0.25, -0.2) is 0 Å². The van der Waals surface area contributed by atoms with Crippen molar-refractivity contribution in [2.45, 2.75) is 0 Å². The number of hydrogen-bond acceptors (Lipinski definition) is 4. The van der Waals surface area contributed by atoms with Crippen molar-refractivity contribution in [2.24, 2.45) is 0 Å². The third-order valence-corrected chi connectivity index (χ3v) is 2.31. The lowest BCUT2D eigenvalue weighted by molar-refractivity contribution is 0.400. The normalized spacial score (nSPS) is 8.73. The van der Waals surface area contributed by atoms with E-state index in [4.69, 9.17) is 10.5 Å². The second-order valence-electron chi connectivity index (χ2n) is 2.62. The molecule has 1 rings (SSSR count). The zero-order chi connectivity index (χ0) is 11.4. The first kappa shape index (κ1) is 11.1. The number of allylic oxidation sites excluding steroid dienone is 1. The van der Waals surface area contributed by atoms with Crippen molar-refractivity contribution in [1.82, 2.24) is 0 Å². The van der Waals surface area contributed by atoms with Gasteiger partial charge in [0.1, 0.15) is 17.7 Å². The van der Waals surface area contributed by atoms with E-state index in [1.54, 1.807) is 12.1 Å². The zero-order valence-corrected chi connectivity index (χ0v) is 8.98. The van der Waals surface area contributed by atoms with Crippen LogP contribution in [0.25, 0.3) is 6.08 Å². The van der Waals surface area contributed by atoms with Gasteiger partial charge >= 0.3 is 0 Å². The Morgan fingerprint density at radius 3 is 2.33 bits per heavy atom.